The Balaban J connectivity index is -0.00000128. The number of carbonyl (C=O) groups is 1. The summed E-state index contributed by atoms with van der Waals surface area (Å²) in [5.41, 5.74) is 0. The summed E-state index contributed by atoms with van der Waals surface area (Å²) >= 11 is 0. The molecule has 0 saturated carbocycles. The molecule has 4 heteroatoms. The molecule has 0 aliphatic rings. The molecule has 2 N–H and O–H groups in total. The maximum Gasteiger partial charge on any atom is 1.00 e. The van der Waals surface area contributed by atoms with Crippen LogP contribution in [0, 0.1) is 0 Å². The first kappa shape index (κ1) is 20.7. The molecule has 0 radical (unpaired) electrons. The average molecular weight is 267 g/mol. The first-order valence-electron chi connectivity index (χ1n) is 7.18. The number of nitrogens with one attached hydrogen (secondary N) is 1. The van der Waals surface area contributed by atoms with Gasteiger partial charge in [0.1, 0.15) is 0 Å². The van der Waals surface area contributed by atoms with Gasteiger partial charge in [-0.2, -0.15) is 0 Å². The van der Waals surface area contributed by atoms with Crippen LogP contribution in [0.3, 0.4) is 0 Å². The summed E-state index contributed by atoms with van der Waals surface area (Å²) in [4.78, 5) is 11.2. The predicted octanol–water partition coefficient (Wildman–Crippen LogP) is 0.132. The monoisotopic (exact) mass is 267 g/mol. The Bertz CT molecular complexity index is 183. The van der Waals surface area contributed by atoms with Gasteiger partial charge in [0.25, 0.3) is 0 Å². The van der Waals surface area contributed by atoms with Crippen LogP contribution in [0.25, 0.3) is 0 Å². The van der Waals surface area contributed by atoms with E-state index in [1.807, 2.05) is 0 Å². The normalized spacial score (nSPS) is 9.89. The quantitative estimate of drug-likeness (QED) is 0.390. The third-order valence-electron chi connectivity index (χ3n) is 2.94. The molecular formula is C14H30NNaO2. The van der Waals surface area contributed by atoms with Gasteiger partial charge >= 0.3 is 29.6 Å². The van der Waals surface area contributed by atoms with Gasteiger partial charge in [0, 0.05) is 13.0 Å². The molecule has 0 saturated heterocycles. The molecule has 104 valence electrons. The Labute approximate surface area is 136 Å². The van der Waals surface area contributed by atoms with Crippen LogP contribution < -0.4 is 34.9 Å². The smallest absolute Gasteiger partial charge is 1.00 e. The summed E-state index contributed by atoms with van der Waals surface area (Å²) in [7, 11) is 0. The van der Waals surface area contributed by atoms with E-state index in [1.54, 1.807) is 0 Å². The van der Waals surface area contributed by atoms with E-state index in [1.165, 1.54) is 44.9 Å². The van der Waals surface area contributed by atoms with Crippen molar-refractivity contribution in [2.75, 3.05) is 13.2 Å². The number of amides is 1. The van der Waals surface area contributed by atoms with Crippen LogP contribution >= 0.6 is 0 Å². The van der Waals surface area contributed by atoms with E-state index in [4.69, 9.17) is 5.11 Å². The second kappa shape index (κ2) is 17.4. The van der Waals surface area contributed by atoms with Crippen LogP contribution in [0.2, 0.25) is 0 Å². The molecular weight excluding hydrogens is 237 g/mol. The van der Waals surface area contributed by atoms with Crippen LogP contribution in [0.1, 0.15) is 72.6 Å². The minimum Gasteiger partial charge on any atom is -1.00 e. The number of aliphatic hydroxyl groups is 1. The molecule has 0 bridgehead atoms. The molecule has 0 heterocycles. The maximum absolute atomic E-state index is 11.2. The zero-order valence-electron chi connectivity index (χ0n) is 13.3. The van der Waals surface area contributed by atoms with Crippen molar-refractivity contribution < 1.29 is 40.9 Å². The van der Waals surface area contributed by atoms with E-state index in [0.29, 0.717) is 13.0 Å². The SMILES string of the molecule is CCCCCCCCCCCC(=O)NCCO.[H-].[Na+]. The summed E-state index contributed by atoms with van der Waals surface area (Å²) in [5.74, 6) is 0.0713. The number of unbranched alkanes of at least 4 members (excludes halogenated alkanes) is 8. The van der Waals surface area contributed by atoms with Gasteiger partial charge in [-0.05, 0) is 6.42 Å². The average Bonchev–Trinajstić information content (AvgIpc) is 2.34. The largest absolute Gasteiger partial charge is 1.00 e. The van der Waals surface area contributed by atoms with Crippen LogP contribution in [0.5, 0.6) is 0 Å². The molecule has 0 aromatic heterocycles. The number of rotatable bonds is 12. The van der Waals surface area contributed by atoms with E-state index >= 15 is 0 Å². The second-order valence-corrected chi connectivity index (χ2v) is 4.65. The molecule has 0 atom stereocenters. The van der Waals surface area contributed by atoms with Gasteiger partial charge in [-0.1, -0.05) is 58.3 Å². The fraction of sp³-hybridized carbons (Fsp3) is 0.929. The molecule has 0 spiro atoms. The molecule has 0 fully saturated rings. The molecule has 1 amide bonds. The second-order valence-electron chi connectivity index (χ2n) is 4.65. The van der Waals surface area contributed by atoms with Crippen LogP contribution in [0.4, 0.5) is 0 Å². The van der Waals surface area contributed by atoms with E-state index in [2.05, 4.69) is 12.2 Å². The third kappa shape index (κ3) is 16.4. The van der Waals surface area contributed by atoms with Crippen LogP contribution in [0.15, 0.2) is 0 Å². The summed E-state index contributed by atoms with van der Waals surface area (Å²) in [6, 6.07) is 0. The van der Waals surface area contributed by atoms with Crippen LogP contribution in [-0.2, 0) is 4.79 Å². The van der Waals surface area contributed by atoms with Crippen molar-refractivity contribution in [1.82, 2.24) is 5.32 Å². The van der Waals surface area contributed by atoms with Gasteiger partial charge in [-0.3, -0.25) is 4.79 Å². The Hall–Kier alpha value is 0.430. The van der Waals surface area contributed by atoms with Gasteiger partial charge in [-0.15, -0.1) is 0 Å². The van der Waals surface area contributed by atoms with E-state index in [-0.39, 0.29) is 43.5 Å². The fourth-order valence-corrected chi connectivity index (χ4v) is 1.88. The zero-order valence-corrected chi connectivity index (χ0v) is 14.3. The summed E-state index contributed by atoms with van der Waals surface area (Å²) in [6.45, 7) is 2.65. The van der Waals surface area contributed by atoms with Crippen molar-refractivity contribution in [3.63, 3.8) is 0 Å². The minimum atomic E-state index is 0. The topological polar surface area (TPSA) is 49.3 Å². The Morgan fingerprint density at radius 3 is 2.00 bits per heavy atom. The number of carbonyl (C=O) groups excluding carboxylic acids is 1. The molecule has 0 aliphatic heterocycles. The van der Waals surface area contributed by atoms with Gasteiger partial charge in [0.15, 0.2) is 0 Å². The molecule has 18 heavy (non-hydrogen) atoms. The Kier molecular flexibility index (Phi) is 20.1. The first-order chi connectivity index (χ1) is 8.31. The molecule has 0 aliphatic carbocycles. The molecule has 0 unspecified atom stereocenters. The summed E-state index contributed by atoms with van der Waals surface area (Å²) in [5, 5.41) is 11.2. The van der Waals surface area contributed by atoms with Gasteiger partial charge in [0.05, 0.1) is 6.61 Å². The van der Waals surface area contributed by atoms with Gasteiger partial charge in [0.2, 0.25) is 5.91 Å². The number of aliphatic hydroxyl groups excluding tert-OH is 1. The fourth-order valence-electron chi connectivity index (χ4n) is 1.88. The van der Waals surface area contributed by atoms with E-state index < -0.39 is 0 Å². The Morgan fingerprint density at radius 2 is 1.50 bits per heavy atom. The van der Waals surface area contributed by atoms with Crippen molar-refractivity contribution in [3.8, 4) is 0 Å². The molecule has 0 rings (SSSR count). The summed E-state index contributed by atoms with van der Waals surface area (Å²) in [6.07, 6.45) is 12.1. The zero-order chi connectivity index (χ0) is 12.8. The van der Waals surface area contributed by atoms with Crippen molar-refractivity contribution in [3.05, 3.63) is 0 Å². The Morgan fingerprint density at radius 1 is 1.00 bits per heavy atom. The first-order valence-corrected chi connectivity index (χ1v) is 7.18. The van der Waals surface area contributed by atoms with E-state index in [0.717, 1.165) is 12.8 Å². The van der Waals surface area contributed by atoms with Crippen molar-refractivity contribution in [2.45, 2.75) is 71.1 Å². The van der Waals surface area contributed by atoms with Crippen LogP contribution in [-0.4, -0.2) is 24.2 Å². The van der Waals surface area contributed by atoms with Crippen molar-refractivity contribution >= 4 is 5.91 Å². The third-order valence-corrected chi connectivity index (χ3v) is 2.94. The number of hydrogen-bond donors (Lipinski definition) is 2. The summed E-state index contributed by atoms with van der Waals surface area (Å²) < 4.78 is 0. The van der Waals surface area contributed by atoms with E-state index in [9.17, 15) is 4.79 Å². The molecule has 0 aromatic carbocycles. The molecule has 0 aromatic rings. The van der Waals surface area contributed by atoms with Crippen molar-refractivity contribution in [1.29, 1.82) is 0 Å². The standard InChI is InChI=1S/C14H29NO2.Na.H/c1-2-3-4-5-6-7-8-9-10-11-14(17)15-12-13-16;;/h16H,2-13H2,1H3,(H,15,17);;/q;+1;-1. The molecule has 3 nitrogen and oxygen atoms in total. The maximum atomic E-state index is 11.2. The van der Waals surface area contributed by atoms with Crippen molar-refractivity contribution in [2.24, 2.45) is 0 Å². The predicted molar refractivity (Wildman–Crippen MR) is 73.1 cm³/mol. The van der Waals surface area contributed by atoms with Gasteiger partial charge in [-0.25, -0.2) is 0 Å². The van der Waals surface area contributed by atoms with Gasteiger partial charge < -0.3 is 11.8 Å². The minimum absolute atomic E-state index is 0. The number of hydrogen-bond acceptors (Lipinski definition) is 2.